The molecule has 0 aliphatic rings. The van der Waals surface area contributed by atoms with Crippen molar-refractivity contribution in [2.24, 2.45) is 11.1 Å². The first-order valence-electron chi connectivity index (χ1n) is 5.31. The van der Waals surface area contributed by atoms with Gasteiger partial charge in [0.05, 0.1) is 0 Å². The van der Waals surface area contributed by atoms with Crippen LogP contribution in [-0.2, 0) is 0 Å². The lowest BCUT2D eigenvalue weighted by Gasteiger charge is -2.27. The van der Waals surface area contributed by atoms with E-state index in [0.29, 0.717) is 0 Å². The maximum Gasteiger partial charge on any atom is 0.0454 e. The lowest BCUT2D eigenvalue weighted by atomic mass is 9.83. The fourth-order valence-electron chi connectivity index (χ4n) is 1.77. The number of rotatable bonds is 1. The summed E-state index contributed by atoms with van der Waals surface area (Å²) in [5, 5.41) is 1.23. The molecular weight excluding hydrogens is 184 g/mol. The highest BCUT2D eigenvalue weighted by Gasteiger charge is 2.22. The predicted octanol–water partition coefficient (Wildman–Crippen LogP) is 3.21. The average Bonchev–Trinajstić information content (AvgIpc) is 2.61. The summed E-state index contributed by atoms with van der Waals surface area (Å²) in [6, 6.07) is 8.53. The number of hydrogen-bond acceptors (Lipinski definition) is 1. The number of nitrogens with two attached hydrogens (primary N) is 1. The second-order valence-corrected chi connectivity index (χ2v) is 5.17. The molecule has 15 heavy (non-hydrogen) atoms. The van der Waals surface area contributed by atoms with Crippen molar-refractivity contribution < 1.29 is 0 Å². The van der Waals surface area contributed by atoms with Gasteiger partial charge in [0.25, 0.3) is 0 Å². The van der Waals surface area contributed by atoms with E-state index >= 15 is 0 Å². The second kappa shape index (κ2) is 3.38. The molecule has 0 saturated carbocycles. The number of hydrogen-bond donors (Lipinski definition) is 2. The molecule has 2 rings (SSSR count). The third-order valence-electron chi connectivity index (χ3n) is 2.87. The van der Waals surface area contributed by atoms with E-state index in [9.17, 15) is 0 Å². The molecule has 0 aliphatic heterocycles. The molecule has 3 N–H and O–H groups in total. The number of nitrogens with one attached hydrogen (secondary N) is 1. The molecule has 1 aromatic heterocycles. The minimum absolute atomic E-state index is 0.0804. The molecule has 0 amide bonds. The van der Waals surface area contributed by atoms with Crippen molar-refractivity contribution >= 4 is 10.9 Å². The monoisotopic (exact) mass is 202 g/mol. The minimum atomic E-state index is 0.0804. The van der Waals surface area contributed by atoms with Crippen LogP contribution in [0, 0.1) is 5.41 Å². The molecule has 2 aromatic rings. The number of fused-ring (bicyclic) bond motifs is 1. The molecule has 0 saturated heterocycles. The molecule has 0 bridgehead atoms. The van der Waals surface area contributed by atoms with Crippen molar-refractivity contribution in [2.75, 3.05) is 0 Å². The van der Waals surface area contributed by atoms with E-state index in [2.05, 4.69) is 50.0 Å². The molecule has 1 aromatic carbocycles. The Labute approximate surface area is 90.5 Å². The predicted molar refractivity (Wildman–Crippen MR) is 64.7 cm³/mol. The van der Waals surface area contributed by atoms with Crippen LogP contribution in [0.5, 0.6) is 0 Å². The molecule has 2 nitrogen and oxygen atoms in total. The fourth-order valence-corrected chi connectivity index (χ4v) is 1.77. The summed E-state index contributed by atoms with van der Waals surface area (Å²) >= 11 is 0. The van der Waals surface area contributed by atoms with Gasteiger partial charge in [0.2, 0.25) is 0 Å². The summed E-state index contributed by atoms with van der Waals surface area (Å²) < 4.78 is 0. The maximum atomic E-state index is 6.22. The third kappa shape index (κ3) is 1.90. The molecule has 0 fully saturated rings. The zero-order chi connectivity index (χ0) is 11.1. The van der Waals surface area contributed by atoms with Gasteiger partial charge in [0, 0.05) is 17.8 Å². The molecule has 0 aliphatic carbocycles. The van der Waals surface area contributed by atoms with E-state index in [1.807, 2.05) is 6.20 Å². The first-order valence-corrected chi connectivity index (χ1v) is 5.31. The summed E-state index contributed by atoms with van der Waals surface area (Å²) in [6.07, 6.45) is 1.96. The Hall–Kier alpha value is -1.28. The highest BCUT2D eigenvalue weighted by Crippen LogP contribution is 2.31. The van der Waals surface area contributed by atoms with E-state index in [-0.39, 0.29) is 11.5 Å². The molecule has 80 valence electrons. The molecule has 1 heterocycles. The van der Waals surface area contributed by atoms with Gasteiger partial charge >= 0.3 is 0 Å². The highest BCUT2D eigenvalue weighted by molar-refractivity contribution is 5.80. The average molecular weight is 202 g/mol. The zero-order valence-corrected chi connectivity index (χ0v) is 9.54. The SMILES string of the molecule is CC(C)(C)[C@H](N)c1ccc2[nH]ccc2c1. The molecular formula is C13H18N2. The van der Waals surface area contributed by atoms with Gasteiger partial charge < -0.3 is 10.7 Å². The van der Waals surface area contributed by atoms with Gasteiger partial charge in [0.15, 0.2) is 0 Å². The maximum absolute atomic E-state index is 6.22. The second-order valence-electron chi connectivity index (χ2n) is 5.17. The van der Waals surface area contributed by atoms with Crippen LogP contribution in [0.4, 0.5) is 0 Å². The Kier molecular flexibility index (Phi) is 2.31. The number of aromatic nitrogens is 1. The molecule has 0 radical (unpaired) electrons. The Morgan fingerprint density at radius 2 is 1.93 bits per heavy atom. The number of aromatic amines is 1. The van der Waals surface area contributed by atoms with Crippen LogP contribution < -0.4 is 5.73 Å². The van der Waals surface area contributed by atoms with Crippen LogP contribution in [0.1, 0.15) is 32.4 Å². The van der Waals surface area contributed by atoms with Gasteiger partial charge in [0.1, 0.15) is 0 Å². The Bertz CT molecular complexity index is 463. The van der Waals surface area contributed by atoms with Crippen molar-refractivity contribution in [3.63, 3.8) is 0 Å². The van der Waals surface area contributed by atoms with Crippen LogP contribution in [0.2, 0.25) is 0 Å². The number of H-pyrrole nitrogens is 1. The van der Waals surface area contributed by atoms with Gasteiger partial charge in [-0.3, -0.25) is 0 Å². The lowest BCUT2D eigenvalue weighted by Crippen LogP contribution is -2.26. The van der Waals surface area contributed by atoms with Crippen molar-refractivity contribution in [3.05, 3.63) is 36.0 Å². The molecule has 0 unspecified atom stereocenters. The quantitative estimate of drug-likeness (QED) is 0.732. The first-order chi connectivity index (χ1) is 6.98. The zero-order valence-electron chi connectivity index (χ0n) is 9.54. The van der Waals surface area contributed by atoms with E-state index in [4.69, 9.17) is 5.73 Å². The van der Waals surface area contributed by atoms with Crippen LogP contribution in [0.3, 0.4) is 0 Å². The van der Waals surface area contributed by atoms with Gasteiger partial charge in [-0.15, -0.1) is 0 Å². The summed E-state index contributed by atoms with van der Waals surface area (Å²) in [5.74, 6) is 0. The van der Waals surface area contributed by atoms with Crippen LogP contribution >= 0.6 is 0 Å². The summed E-state index contributed by atoms with van der Waals surface area (Å²) in [7, 11) is 0. The third-order valence-corrected chi connectivity index (χ3v) is 2.87. The standard InChI is InChI=1S/C13H18N2/c1-13(2,3)12(14)10-4-5-11-9(8-10)6-7-15-11/h4-8,12,15H,14H2,1-3H3/t12-/m1/s1. The number of benzene rings is 1. The van der Waals surface area contributed by atoms with E-state index in [1.54, 1.807) is 0 Å². The van der Waals surface area contributed by atoms with Crippen LogP contribution in [0.15, 0.2) is 30.5 Å². The lowest BCUT2D eigenvalue weighted by molar-refractivity contribution is 0.327. The Balaban J connectivity index is 2.44. The van der Waals surface area contributed by atoms with E-state index in [0.717, 1.165) is 0 Å². The largest absolute Gasteiger partial charge is 0.361 e. The highest BCUT2D eigenvalue weighted by atomic mass is 14.7. The van der Waals surface area contributed by atoms with E-state index in [1.165, 1.54) is 16.5 Å². The summed E-state index contributed by atoms with van der Waals surface area (Å²) in [6.45, 7) is 6.50. The van der Waals surface area contributed by atoms with Crippen molar-refractivity contribution in [3.8, 4) is 0 Å². The van der Waals surface area contributed by atoms with E-state index < -0.39 is 0 Å². The van der Waals surface area contributed by atoms with Gasteiger partial charge in [-0.2, -0.15) is 0 Å². The summed E-state index contributed by atoms with van der Waals surface area (Å²) in [4.78, 5) is 3.18. The molecule has 1 atom stereocenters. The molecule has 2 heteroatoms. The Morgan fingerprint density at radius 1 is 1.20 bits per heavy atom. The minimum Gasteiger partial charge on any atom is -0.361 e. The van der Waals surface area contributed by atoms with Crippen molar-refractivity contribution in [1.29, 1.82) is 0 Å². The van der Waals surface area contributed by atoms with Gasteiger partial charge in [-0.05, 0) is 34.6 Å². The fraction of sp³-hybridized carbons (Fsp3) is 0.385. The normalized spacial score (nSPS) is 14.4. The van der Waals surface area contributed by atoms with Crippen molar-refractivity contribution in [1.82, 2.24) is 4.98 Å². The topological polar surface area (TPSA) is 41.8 Å². The molecule has 0 spiro atoms. The van der Waals surface area contributed by atoms with Crippen LogP contribution in [-0.4, -0.2) is 4.98 Å². The van der Waals surface area contributed by atoms with Crippen LogP contribution in [0.25, 0.3) is 10.9 Å². The Morgan fingerprint density at radius 3 is 2.60 bits per heavy atom. The van der Waals surface area contributed by atoms with Crippen molar-refractivity contribution in [2.45, 2.75) is 26.8 Å². The van der Waals surface area contributed by atoms with Gasteiger partial charge in [-0.1, -0.05) is 26.8 Å². The van der Waals surface area contributed by atoms with Gasteiger partial charge in [-0.25, -0.2) is 0 Å². The summed E-state index contributed by atoms with van der Waals surface area (Å²) in [5.41, 5.74) is 8.69. The first kappa shape index (κ1) is 10.2. The smallest absolute Gasteiger partial charge is 0.0454 e.